The molecule has 0 radical (unpaired) electrons. The van der Waals surface area contributed by atoms with Gasteiger partial charge in [-0.3, -0.25) is 4.79 Å². The van der Waals surface area contributed by atoms with Gasteiger partial charge >= 0.3 is 0 Å². The molecule has 0 heterocycles. The van der Waals surface area contributed by atoms with Crippen LogP contribution in [0.3, 0.4) is 0 Å². The maximum atomic E-state index is 11.9. The number of rotatable bonds is 6. The number of Topliss-reactive ketones (excluding diaryl/α,β-unsaturated/α-hetero) is 1. The molecule has 4 aliphatic carbocycles. The van der Waals surface area contributed by atoms with Crippen molar-refractivity contribution < 1.29 is 20.1 Å². The molecule has 4 aliphatic rings. The number of ketones is 1. The molecule has 0 unspecified atom stereocenters. The second-order valence-electron chi connectivity index (χ2n) is 11.6. The molecule has 0 aromatic carbocycles. The average molecular weight is 455 g/mol. The lowest BCUT2D eigenvalue weighted by Crippen LogP contribution is -2.35. The van der Waals surface area contributed by atoms with E-state index in [1.54, 1.807) is 6.92 Å². The Labute approximate surface area is 199 Å². The fraction of sp³-hybridized carbons (Fsp3) is 0.690. The van der Waals surface area contributed by atoms with E-state index in [2.05, 4.69) is 38.7 Å². The molecule has 7 atom stereocenters. The molecule has 4 rings (SSSR count). The highest BCUT2D eigenvalue weighted by Crippen LogP contribution is 2.59. The molecule has 0 saturated heterocycles. The minimum Gasteiger partial charge on any atom is -0.388 e. The maximum Gasteiger partial charge on any atom is 0.138 e. The number of aliphatic hydroxyl groups is 3. The summed E-state index contributed by atoms with van der Waals surface area (Å²) in [4.78, 5) is 11.9. The molecule has 4 fully saturated rings. The van der Waals surface area contributed by atoms with Crippen LogP contribution in [0, 0.1) is 28.6 Å². The number of hydrogen-bond donors (Lipinski definition) is 3. The lowest BCUT2D eigenvalue weighted by Gasteiger charge is -2.44. The molecule has 0 amide bonds. The summed E-state index contributed by atoms with van der Waals surface area (Å²) in [6.45, 7) is 10.1. The van der Waals surface area contributed by atoms with Crippen LogP contribution in [-0.4, -0.2) is 39.4 Å². The third-order valence-electron chi connectivity index (χ3n) is 9.63. The second kappa shape index (κ2) is 9.28. The molecule has 0 aromatic heterocycles. The zero-order chi connectivity index (χ0) is 24.0. The van der Waals surface area contributed by atoms with Crippen molar-refractivity contribution in [3.05, 3.63) is 47.6 Å². The molecule has 4 nitrogen and oxygen atoms in total. The molecular weight excluding hydrogens is 412 g/mol. The monoisotopic (exact) mass is 454 g/mol. The van der Waals surface area contributed by atoms with Crippen LogP contribution in [0.2, 0.25) is 0 Å². The second-order valence-corrected chi connectivity index (χ2v) is 11.6. The van der Waals surface area contributed by atoms with E-state index in [1.807, 2.05) is 6.08 Å². The molecule has 4 heteroatoms. The Kier molecular flexibility index (Phi) is 6.93. The number of allylic oxidation sites excluding steroid dienone is 4. The van der Waals surface area contributed by atoms with Gasteiger partial charge in [0.15, 0.2) is 0 Å². The third kappa shape index (κ3) is 4.59. The first-order valence-electron chi connectivity index (χ1n) is 12.9. The summed E-state index contributed by atoms with van der Waals surface area (Å²) in [5.41, 5.74) is 2.87. The Morgan fingerprint density at radius 1 is 1.09 bits per heavy atom. The minimum atomic E-state index is -0.659. The van der Waals surface area contributed by atoms with Gasteiger partial charge in [-0.05, 0) is 93.5 Å². The first kappa shape index (κ1) is 24.6. The van der Waals surface area contributed by atoms with Gasteiger partial charge in [-0.25, -0.2) is 0 Å². The normalized spacial score (nSPS) is 38.9. The van der Waals surface area contributed by atoms with Crippen LogP contribution in [0.1, 0.15) is 78.6 Å². The van der Waals surface area contributed by atoms with Crippen molar-refractivity contribution in [2.45, 2.75) is 96.9 Å². The summed E-state index contributed by atoms with van der Waals surface area (Å²) >= 11 is 0. The number of hydrogen-bond acceptors (Lipinski definition) is 4. The number of carbonyl (C=O) groups excluding carboxylic acids is 1. The van der Waals surface area contributed by atoms with Crippen LogP contribution in [0.5, 0.6) is 0 Å². The Bertz CT molecular complexity index is 860. The lowest BCUT2D eigenvalue weighted by atomic mass is 9.61. The van der Waals surface area contributed by atoms with Crippen LogP contribution < -0.4 is 0 Å². The van der Waals surface area contributed by atoms with E-state index in [9.17, 15) is 20.1 Å². The number of aliphatic hydroxyl groups excluding tert-OH is 3. The van der Waals surface area contributed by atoms with E-state index < -0.39 is 23.7 Å². The molecule has 3 N–H and O–H groups in total. The Hall–Kier alpha value is -1.49. The topological polar surface area (TPSA) is 77.8 Å². The van der Waals surface area contributed by atoms with E-state index >= 15 is 0 Å². The standard InChI is InChI=1S/C29H42O4/c1-18(7-12-27(33)29(14-15-29)20(3)30)23-10-11-24-22(6-5-13-28(23,24)4)9-8-21-16-25(31)19(2)26(32)17-21/h7-9,12,18,23-27,31-33H,2,5-6,10-11,13-17H2,1,3-4H3/b12-7+,22-9+/t18-,23+,24-,25+,26+,27-,28+/m0/s1. The zero-order valence-corrected chi connectivity index (χ0v) is 20.6. The molecule has 0 bridgehead atoms. The van der Waals surface area contributed by atoms with Crippen molar-refractivity contribution in [3.8, 4) is 0 Å². The van der Waals surface area contributed by atoms with Crippen LogP contribution in [-0.2, 0) is 4.79 Å². The molecule has 182 valence electrons. The fourth-order valence-corrected chi connectivity index (χ4v) is 7.16. The first-order chi connectivity index (χ1) is 15.6. The smallest absolute Gasteiger partial charge is 0.138 e. The van der Waals surface area contributed by atoms with E-state index in [4.69, 9.17) is 0 Å². The Balaban J connectivity index is 1.46. The zero-order valence-electron chi connectivity index (χ0n) is 20.6. The summed E-state index contributed by atoms with van der Waals surface area (Å²) in [5, 5.41) is 30.9. The van der Waals surface area contributed by atoms with Crippen molar-refractivity contribution in [2.75, 3.05) is 0 Å². The molecular formula is C29H42O4. The van der Waals surface area contributed by atoms with Gasteiger partial charge < -0.3 is 15.3 Å². The predicted molar refractivity (Wildman–Crippen MR) is 131 cm³/mol. The molecule has 0 aromatic rings. The highest BCUT2D eigenvalue weighted by Gasteiger charge is 2.53. The highest BCUT2D eigenvalue weighted by molar-refractivity contribution is 5.86. The Morgan fingerprint density at radius 2 is 1.76 bits per heavy atom. The predicted octanol–water partition coefficient (Wildman–Crippen LogP) is 5.05. The van der Waals surface area contributed by atoms with Gasteiger partial charge in [0.25, 0.3) is 0 Å². The maximum absolute atomic E-state index is 11.9. The van der Waals surface area contributed by atoms with Gasteiger partial charge in [0.05, 0.1) is 23.7 Å². The lowest BCUT2D eigenvalue weighted by molar-refractivity contribution is -0.124. The number of carbonyl (C=O) groups is 1. The summed E-state index contributed by atoms with van der Waals surface area (Å²) in [5.74, 6) is 1.61. The first-order valence-corrected chi connectivity index (χ1v) is 12.9. The molecule has 33 heavy (non-hydrogen) atoms. The molecule has 0 spiro atoms. The quantitative estimate of drug-likeness (QED) is 0.491. The van der Waals surface area contributed by atoms with Gasteiger partial charge in [0.1, 0.15) is 5.78 Å². The van der Waals surface area contributed by atoms with Crippen LogP contribution >= 0.6 is 0 Å². The largest absolute Gasteiger partial charge is 0.388 e. The van der Waals surface area contributed by atoms with Crippen LogP contribution in [0.4, 0.5) is 0 Å². The van der Waals surface area contributed by atoms with Gasteiger partial charge in [-0.15, -0.1) is 0 Å². The van der Waals surface area contributed by atoms with Crippen molar-refractivity contribution in [2.24, 2.45) is 28.6 Å². The van der Waals surface area contributed by atoms with E-state index in [0.29, 0.717) is 36.2 Å². The molecule has 4 saturated carbocycles. The van der Waals surface area contributed by atoms with Crippen LogP contribution in [0.25, 0.3) is 0 Å². The van der Waals surface area contributed by atoms with Crippen molar-refractivity contribution in [1.82, 2.24) is 0 Å². The Morgan fingerprint density at radius 3 is 2.36 bits per heavy atom. The summed E-state index contributed by atoms with van der Waals surface area (Å²) < 4.78 is 0. The SMILES string of the molecule is C=C1[C@H](O)CC(=C/C=C2\CCC[C@]3(C)[C@@H]([C@@H](C)/C=C/[C@H](O)C4(C(C)=O)CC4)CC[C@@H]23)C[C@H]1O. The van der Waals surface area contributed by atoms with Crippen molar-refractivity contribution in [1.29, 1.82) is 0 Å². The summed E-state index contributed by atoms with van der Waals surface area (Å²) in [7, 11) is 0. The van der Waals surface area contributed by atoms with Gasteiger partial charge in [-0.1, -0.05) is 55.9 Å². The minimum absolute atomic E-state index is 0.110. The van der Waals surface area contributed by atoms with Gasteiger partial charge in [0, 0.05) is 0 Å². The fourth-order valence-electron chi connectivity index (χ4n) is 7.16. The average Bonchev–Trinajstić information content (AvgIpc) is 3.51. The van der Waals surface area contributed by atoms with Gasteiger partial charge in [0.2, 0.25) is 0 Å². The van der Waals surface area contributed by atoms with E-state index in [0.717, 1.165) is 24.8 Å². The highest BCUT2D eigenvalue weighted by atomic mass is 16.3. The number of fused-ring (bicyclic) bond motifs is 1. The van der Waals surface area contributed by atoms with Crippen molar-refractivity contribution in [3.63, 3.8) is 0 Å². The van der Waals surface area contributed by atoms with Crippen molar-refractivity contribution >= 4 is 5.78 Å². The summed E-state index contributed by atoms with van der Waals surface area (Å²) in [6.07, 6.45) is 15.2. The van der Waals surface area contributed by atoms with Gasteiger partial charge in [-0.2, -0.15) is 0 Å². The third-order valence-corrected chi connectivity index (χ3v) is 9.63. The van der Waals surface area contributed by atoms with Crippen LogP contribution in [0.15, 0.2) is 47.6 Å². The summed E-state index contributed by atoms with van der Waals surface area (Å²) in [6, 6.07) is 0. The molecule has 0 aliphatic heterocycles. The van der Waals surface area contributed by atoms with E-state index in [1.165, 1.54) is 31.3 Å². The van der Waals surface area contributed by atoms with E-state index in [-0.39, 0.29) is 11.2 Å².